The monoisotopic (exact) mass is 246 g/mol. The first kappa shape index (κ1) is 13.2. The van der Waals surface area contributed by atoms with Gasteiger partial charge in [0.2, 0.25) is 0 Å². The second kappa shape index (κ2) is 7.22. The molecule has 0 radical (unpaired) electrons. The highest BCUT2D eigenvalue weighted by atomic mass is 16.5. The van der Waals surface area contributed by atoms with E-state index in [1.807, 2.05) is 24.5 Å². The third kappa shape index (κ3) is 4.19. The molecule has 0 N–H and O–H groups in total. The molecule has 1 atom stereocenters. The van der Waals surface area contributed by atoms with E-state index in [4.69, 9.17) is 9.47 Å². The van der Waals surface area contributed by atoms with Crippen molar-refractivity contribution < 1.29 is 9.47 Å². The van der Waals surface area contributed by atoms with E-state index in [9.17, 15) is 0 Å². The normalized spacial score (nSPS) is 21.4. The molecule has 0 aliphatic carbocycles. The Morgan fingerprint density at radius 3 is 2.94 bits per heavy atom. The van der Waals surface area contributed by atoms with Crippen molar-refractivity contribution in [2.75, 3.05) is 13.2 Å². The third-order valence-corrected chi connectivity index (χ3v) is 3.30. The Balaban J connectivity index is 1.79. The van der Waals surface area contributed by atoms with Crippen LogP contribution in [0.2, 0.25) is 0 Å². The Morgan fingerprint density at radius 1 is 1.28 bits per heavy atom. The van der Waals surface area contributed by atoms with E-state index in [0.29, 0.717) is 6.61 Å². The molecular formula is C16H22O2. The highest BCUT2D eigenvalue weighted by Crippen LogP contribution is 2.15. The van der Waals surface area contributed by atoms with E-state index >= 15 is 0 Å². The SMILES string of the molecule is C/C(=C/OCC1CCCCCO1)c1ccccc1. The van der Waals surface area contributed by atoms with Crippen LogP contribution in [0, 0.1) is 0 Å². The number of rotatable bonds is 4. The summed E-state index contributed by atoms with van der Waals surface area (Å²) >= 11 is 0. The average molecular weight is 246 g/mol. The third-order valence-electron chi connectivity index (χ3n) is 3.30. The first-order valence-electron chi connectivity index (χ1n) is 6.81. The van der Waals surface area contributed by atoms with Crippen LogP contribution in [-0.2, 0) is 9.47 Å². The van der Waals surface area contributed by atoms with Crippen LogP contribution in [0.25, 0.3) is 5.57 Å². The molecule has 0 aromatic heterocycles. The fraction of sp³-hybridized carbons (Fsp3) is 0.500. The second-order valence-corrected chi connectivity index (χ2v) is 4.84. The molecule has 0 saturated carbocycles. The molecule has 2 heteroatoms. The van der Waals surface area contributed by atoms with E-state index in [-0.39, 0.29) is 6.10 Å². The summed E-state index contributed by atoms with van der Waals surface area (Å²) in [7, 11) is 0. The molecule has 0 bridgehead atoms. The summed E-state index contributed by atoms with van der Waals surface area (Å²) in [4.78, 5) is 0. The summed E-state index contributed by atoms with van der Waals surface area (Å²) < 4.78 is 11.4. The Bertz CT molecular complexity index is 362. The molecule has 18 heavy (non-hydrogen) atoms. The summed E-state index contributed by atoms with van der Waals surface area (Å²) in [5, 5.41) is 0. The van der Waals surface area contributed by atoms with Gasteiger partial charge in [-0.3, -0.25) is 0 Å². The molecule has 1 fully saturated rings. The van der Waals surface area contributed by atoms with Gasteiger partial charge in [-0.2, -0.15) is 0 Å². The molecule has 2 nitrogen and oxygen atoms in total. The Kier molecular flexibility index (Phi) is 5.28. The van der Waals surface area contributed by atoms with Gasteiger partial charge in [-0.25, -0.2) is 0 Å². The van der Waals surface area contributed by atoms with Gasteiger partial charge in [0.1, 0.15) is 6.61 Å². The number of benzene rings is 1. The van der Waals surface area contributed by atoms with Gasteiger partial charge in [-0.15, -0.1) is 0 Å². The van der Waals surface area contributed by atoms with Crippen molar-refractivity contribution in [1.29, 1.82) is 0 Å². The molecule has 98 valence electrons. The zero-order valence-electron chi connectivity index (χ0n) is 11.1. The lowest BCUT2D eigenvalue weighted by Gasteiger charge is -2.14. The highest BCUT2D eigenvalue weighted by molar-refractivity contribution is 5.62. The minimum absolute atomic E-state index is 0.271. The zero-order valence-corrected chi connectivity index (χ0v) is 11.1. The van der Waals surface area contributed by atoms with E-state index < -0.39 is 0 Å². The Hall–Kier alpha value is -1.28. The van der Waals surface area contributed by atoms with E-state index in [0.717, 1.165) is 18.6 Å². The predicted octanol–water partition coefficient (Wildman–Crippen LogP) is 4.02. The predicted molar refractivity (Wildman–Crippen MR) is 74.3 cm³/mol. The molecule has 0 amide bonds. The van der Waals surface area contributed by atoms with Crippen molar-refractivity contribution in [3.8, 4) is 0 Å². The molecular weight excluding hydrogens is 224 g/mol. The van der Waals surface area contributed by atoms with Gasteiger partial charge in [-0.05, 0) is 30.9 Å². The van der Waals surface area contributed by atoms with E-state index in [1.165, 1.54) is 24.8 Å². The number of hydrogen-bond donors (Lipinski definition) is 0. The zero-order chi connectivity index (χ0) is 12.6. The molecule has 1 aliphatic rings. The first-order chi connectivity index (χ1) is 8.86. The second-order valence-electron chi connectivity index (χ2n) is 4.84. The summed E-state index contributed by atoms with van der Waals surface area (Å²) in [6, 6.07) is 10.3. The maximum atomic E-state index is 5.74. The molecule has 1 aliphatic heterocycles. The van der Waals surface area contributed by atoms with Crippen LogP contribution in [0.3, 0.4) is 0 Å². The Labute approximate surface area is 110 Å². The quantitative estimate of drug-likeness (QED) is 0.747. The lowest BCUT2D eigenvalue weighted by Crippen LogP contribution is -2.17. The maximum absolute atomic E-state index is 5.74. The summed E-state index contributed by atoms with van der Waals surface area (Å²) in [5.74, 6) is 0. The lowest BCUT2D eigenvalue weighted by molar-refractivity contribution is 0.0126. The molecule has 1 heterocycles. The number of allylic oxidation sites excluding steroid dienone is 1. The fourth-order valence-electron chi connectivity index (χ4n) is 2.17. The van der Waals surface area contributed by atoms with Gasteiger partial charge in [0.05, 0.1) is 12.4 Å². The fourth-order valence-corrected chi connectivity index (χ4v) is 2.17. The molecule has 1 unspecified atom stereocenters. The largest absolute Gasteiger partial charge is 0.498 e. The maximum Gasteiger partial charge on any atom is 0.113 e. The van der Waals surface area contributed by atoms with Crippen molar-refractivity contribution in [3.63, 3.8) is 0 Å². The Morgan fingerprint density at radius 2 is 2.11 bits per heavy atom. The van der Waals surface area contributed by atoms with Crippen LogP contribution in [0.5, 0.6) is 0 Å². The van der Waals surface area contributed by atoms with Crippen molar-refractivity contribution in [1.82, 2.24) is 0 Å². The van der Waals surface area contributed by atoms with Gasteiger partial charge in [0.15, 0.2) is 0 Å². The highest BCUT2D eigenvalue weighted by Gasteiger charge is 2.12. The van der Waals surface area contributed by atoms with Crippen molar-refractivity contribution >= 4 is 5.57 Å². The van der Waals surface area contributed by atoms with Crippen LogP contribution < -0.4 is 0 Å². The molecule has 1 aromatic carbocycles. The first-order valence-corrected chi connectivity index (χ1v) is 6.81. The molecule has 2 rings (SSSR count). The van der Waals surface area contributed by atoms with Crippen molar-refractivity contribution in [3.05, 3.63) is 42.2 Å². The van der Waals surface area contributed by atoms with Crippen molar-refractivity contribution in [2.24, 2.45) is 0 Å². The smallest absolute Gasteiger partial charge is 0.113 e. The summed E-state index contributed by atoms with van der Waals surface area (Å²) in [5.41, 5.74) is 2.36. The summed E-state index contributed by atoms with van der Waals surface area (Å²) in [6.45, 7) is 3.63. The molecule has 1 saturated heterocycles. The van der Waals surface area contributed by atoms with Crippen LogP contribution in [0.4, 0.5) is 0 Å². The topological polar surface area (TPSA) is 18.5 Å². The lowest BCUT2D eigenvalue weighted by atomic mass is 10.1. The number of ether oxygens (including phenoxy) is 2. The van der Waals surface area contributed by atoms with Crippen LogP contribution in [0.15, 0.2) is 36.6 Å². The van der Waals surface area contributed by atoms with Gasteiger partial charge in [0.25, 0.3) is 0 Å². The van der Waals surface area contributed by atoms with Gasteiger partial charge in [0, 0.05) is 6.61 Å². The van der Waals surface area contributed by atoms with Gasteiger partial charge < -0.3 is 9.47 Å². The van der Waals surface area contributed by atoms with Gasteiger partial charge >= 0.3 is 0 Å². The minimum Gasteiger partial charge on any atom is -0.498 e. The number of hydrogen-bond acceptors (Lipinski definition) is 2. The van der Waals surface area contributed by atoms with Crippen LogP contribution >= 0.6 is 0 Å². The van der Waals surface area contributed by atoms with E-state index in [2.05, 4.69) is 19.1 Å². The average Bonchev–Trinajstić information content (AvgIpc) is 2.68. The van der Waals surface area contributed by atoms with Gasteiger partial charge in [-0.1, -0.05) is 43.2 Å². The standard InChI is InChI=1S/C16H22O2/c1-14(15-8-4-2-5-9-15)12-17-13-16-10-6-3-7-11-18-16/h2,4-5,8-9,12,16H,3,6-7,10-11,13H2,1H3/b14-12-. The van der Waals surface area contributed by atoms with Crippen molar-refractivity contribution in [2.45, 2.75) is 38.7 Å². The molecule has 1 aromatic rings. The van der Waals surface area contributed by atoms with Crippen LogP contribution in [0.1, 0.15) is 38.2 Å². The van der Waals surface area contributed by atoms with E-state index in [1.54, 1.807) is 0 Å². The molecule has 0 spiro atoms. The minimum atomic E-state index is 0.271. The summed E-state index contributed by atoms with van der Waals surface area (Å²) in [6.07, 6.45) is 6.98. The van der Waals surface area contributed by atoms with Crippen LogP contribution in [-0.4, -0.2) is 19.3 Å².